The summed E-state index contributed by atoms with van der Waals surface area (Å²) in [5.74, 6) is 0. The third-order valence-corrected chi connectivity index (χ3v) is 1.67. The van der Waals surface area contributed by atoms with Gasteiger partial charge in [-0.15, -0.1) is 0 Å². The van der Waals surface area contributed by atoms with Crippen LogP contribution in [-0.4, -0.2) is 4.98 Å². The van der Waals surface area contributed by atoms with E-state index in [0.29, 0.717) is 0 Å². The van der Waals surface area contributed by atoms with Crippen molar-refractivity contribution in [3.63, 3.8) is 0 Å². The van der Waals surface area contributed by atoms with Gasteiger partial charge in [0.1, 0.15) is 0 Å². The molecule has 1 heterocycles. The molecule has 0 amide bonds. The Morgan fingerprint density at radius 3 is 2.23 bits per heavy atom. The molecule has 13 heavy (non-hydrogen) atoms. The topological polar surface area (TPSA) is 12.9 Å². The Bertz CT molecular complexity index is 350. The smallest absolute Gasteiger partial charge is 0.0656 e. The molecule has 0 N–H and O–H groups in total. The molecule has 1 heteroatoms. The van der Waals surface area contributed by atoms with Crippen molar-refractivity contribution in [3.8, 4) is 0 Å². The number of hydrogen-bond donors (Lipinski definition) is 0. The average molecular weight is 177 g/mol. The van der Waals surface area contributed by atoms with Crippen molar-refractivity contribution in [1.82, 2.24) is 4.98 Å². The van der Waals surface area contributed by atoms with E-state index in [1.54, 1.807) is 0 Å². The molecule has 0 bridgehead atoms. The van der Waals surface area contributed by atoms with E-state index < -0.39 is 0 Å². The third kappa shape index (κ3) is 3.41. The summed E-state index contributed by atoms with van der Waals surface area (Å²) in [5, 5.41) is 2.28. The minimum absolute atomic E-state index is 1.07. The van der Waals surface area contributed by atoms with Gasteiger partial charge in [-0.3, -0.25) is 4.98 Å². The van der Waals surface area contributed by atoms with E-state index in [9.17, 15) is 0 Å². The second-order valence-electron chi connectivity index (χ2n) is 2.56. The molecule has 0 aliphatic carbocycles. The number of hydrogen-bond acceptors (Lipinski definition) is 1. The highest BCUT2D eigenvalue weighted by Crippen LogP contribution is 1.82. The fraction of sp³-hybridized carbons (Fsp3) is 0.417. The predicted molar refractivity (Wildman–Crippen MR) is 59.9 cm³/mol. The van der Waals surface area contributed by atoms with Crippen LogP contribution in [0.3, 0.4) is 0 Å². The summed E-state index contributed by atoms with van der Waals surface area (Å²) >= 11 is 0. The maximum Gasteiger partial charge on any atom is 0.0656 e. The first-order valence-electron chi connectivity index (χ1n) is 4.83. The number of rotatable bonds is 0. The molecule has 1 nitrogen and oxygen atoms in total. The largest absolute Gasteiger partial charge is 0.256 e. The minimum atomic E-state index is 1.07. The first-order chi connectivity index (χ1) is 6.27. The highest BCUT2D eigenvalue weighted by molar-refractivity contribution is 5.27. The van der Waals surface area contributed by atoms with E-state index in [-0.39, 0.29) is 0 Å². The van der Waals surface area contributed by atoms with Crippen molar-refractivity contribution in [2.75, 3.05) is 0 Å². The van der Waals surface area contributed by atoms with Crippen LogP contribution in [0.2, 0.25) is 0 Å². The first-order valence-corrected chi connectivity index (χ1v) is 4.83. The maximum absolute atomic E-state index is 4.28. The van der Waals surface area contributed by atoms with Gasteiger partial charge >= 0.3 is 0 Å². The molecule has 0 atom stereocenters. The highest BCUT2D eigenvalue weighted by Gasteiger charge is 1.85. The summed E-state index contributed by atoms with van der Waals surface area (Å²) in [7, 11) is 0. The van der Waals surface area contributed by atoms with E-state index >= 15 is 0 Å². The van der Waals surface area contributed by atoms with Gasteiger partial charge in [-0.1, -0.05) is 26.0 Å². The summed E-state index contributed by atoms with van der Waals surface area (Å²) in [5.41, 5.74) is 1.21. The Hall–Kier alpha value is -1.11. The molecule has 1 aromatic rings. The average Bonchev–Trinajstić information content (AvgIpc) is 2.20. The molecular formula is C12H19N. The van der Waals surface area contributed by atoms with E-state index in [1.165, 1.54) is 10.8 Å². The van der Waals surface area contributed by atoms with Gasteiger partial charge in [0.2, 0.25) is 0 Å². The molecule has 0 aliphatic heterocycles. The molecule has 0 aromatic carbocycles. The summed E-state index contributed by atoms with van der Waals surface area (Å²) < 4.78 is 0. The number of pyridine rings is 1. The Kier molecular flexibility index (Phi) is 5.86. The van der Waals surface area contributed by atoms with Crippen molar-refractivity contribution in [3.05, 3.63) is 28.4 Å². The van der Waals surface area contributed by atoms with Gasteiger partial charge in [-0.2, -0.15) is 0 Å². The van der Waals surface area contributed by atoms with Crippen LogP contribution in [0.4, 0.5) is 0 Å². The molecular weight excluding hydrogens is 158 g/mol. The van der Waals surface area contributed by atoms with Gasteiger partial charge in [0, 0.05) is 6.20 Å². The number of nitrogens with zero attached hydrogens (tertiary/aromatic N) is 1. The summed E-state index contributed by atoms with van der Waals surface area (Å²) in [6.45, 7) is 10.1. The Balaban J connectivity index is 0.000000671. The second kappa shape index (κ2) is 6.41. The lowest BCUT2D eigenvalue weighted by atomic mass is 10.2. The van der Waals surface area contributed by atoms with Gasteiger partial charge in [0.05, 0.1) is 5.35 Å². The fourth-order valence-electron chi connectivity index (χ4n) is 1.07. The van der Waals surface area contributed by atoms with Gasteiger partial charge in [-0.05, 0) is 37.6 Å². The summed E-state index contributed by atoms with van der Waals surface area (Å²) in [6, 6.07) is 2.14. The van der Waals surface area contributed by atoms with E-state index in [1.807, 2.05) is 40.0 Å². The fourth-order valence-corrected chi connectivity index (χ4v) is 1.07. The molecule has 1 aromatic heterocycles. The van der Waals surface area contributed by atoms with Crippen LogP contribution in [0, 0.1) is 6.92 Å². The lowest BCUT2D eigenvalue weighted by Gasteiger charge is -1.91. The molecule has 0 radical (unpaired) electrons. The van der Waals surface area contributed by atoms with E-state index in [0.717, 1.165) is 5.35 Å². The van der Waals surface area contributed by atoms with E-state index in [4.69, 9.17) is 0 Å². The lowest BCUT2D eigenvalue weighted by molar-refractivity contribution is 1.18. The molecule has 0 saturated heterocycles. The monoisotopic (exact) mass is 177 g/mol. The van der Waals surface area contributed by atoms with Crippen molar-refractivity contribution in [2.24, 2.45) is 0 Å². The van der Waals surface area contributed by atoms with Crippen LogP contribution in [0.1, 0.15) is 33.3 Å². The lowest BCUT2D eigenvalue weighted by Crippen LogP contribution is -2.27. The Morgan fingerprint density at radius 2 is 1.77 bits per heavy atom. The van der Waals surface area contributed by atoms with Crippen LogP contribution < -0.4 is 10.6 Å². The van der Waals surface area contributed by atoms with Crippen molar-refractivity contribution in [1.29, 1.82) is 0 Å². The van der Waals surface area contributed by atoms with Crippen molar-refractivity contribution < 1.29 is 0 Å². The number of aryl methyl sites for hydroxylation is 1. The number of aromatic nitrogens is 1. The molecule has 0 fully saturated rings. The van der Waals surface area contributed by atoms with Crippen LogP contribution >= 0.6 is 0 Å². The molecule has 0 spiro atoms. The minimum Gasteiger partial charge on any atom is -0.256 e. The maximum atomic E-state index is 4.28. The van der Waals surface area contributed by atoms with Crippen molar-refractivity contribution >= 4 is 12.2 Å². The molecule has 0 unspecified atom stereocenters. The Labute approximate surface area is 80.8 Å². The van der Waals surface area contributed by atoms with E-state index in [2.05, 4.69) is 24.1 Å². The summed E-state index contributed by atoms with van der Waals surface area (Å²) in [4.78, 5) is 4.28. The molecule has 0 saturated carbocycles. The summed E-state index contributed by atoms with van der Waals surface area (Å²) in [6.07, 6.45) is 5.99. The third-order valence-electron chi connectivity index (χ3n) is 1.67. The van der Waals surface area contributed by atoms with Crippen molar-refractivity contribution in [2.45, 2.75) is 34.6 Å². The van der Waals surface area contributed by atoms with Gasteiger partial charge < -0.3 is 0 Å². The van der Waals surface area contributed by atoms with Crippen LogP contribution in [0.25, 0.3) is 12.2 Å². The van der Waals surface area contributed by atoms with Gasteiger partial charge in [0.15, 0.2) is 0 Å². The molecule has 72 valence electrons. The SMILES string of the molecule is C/C=c1/cc(C)cn/c1=C/C.CC. The van der Waals surface area contributed by atoms with Crippen LogP contribution in [-0.2, 0) is 0 Å². The zero-order chi connectivity index (χ0) is 10.3. The second-order valence-corrected chi connectivity index (χ2v) is 2.56. The van der Waals surface area contributed by atoms with Gasteiger partial charge in [-0.25, -0.2) is 0 Å². The first kappa shape index (κ1) is 11.9. The molecule has 1 rings (SSSR count). The molecule has 0 aliphatic rings. The predicted octanol–water partition coefficient (Wildman–Crippen LogP) is 2.02. The van der Waals surface area contributed by atoms with Gasteiger partial charge in [0.25, 0.3) is 0 Å². The zero-order valence-electron chi connectivity index (χ0n) is 9.26. The Morgan fingerprint density at radius 1 is 1.15 bits per heavy atom. The normalized spacial score (nSPS) is 12.4. The van der Waals surface area contributed by atoms with Crippen LogP contribution in [0.5, 0.6) is 0 Å². The van der Waals surface area contributed by atoms with Crippen LogP contribution in [0.15, 0.2) is 12.3 Å². The quantitative estimate of drug-likeness (QED) is 0.591. The zero-order valence-corrected chi connectivity index (χ0v) is 9.26. The highest BCUT2D eigenvalue weighted by atomic mass is 14.6. The standard InChI is InChI=1S/C10H13N.C2H6/c1-4-9-6-8(3)7-11-10(9)5-2;1-2/h4-7H,1-3H3;1-2H3/b9-4-,10-5+;.